The lowest BCUT2D eigenvalue weighted by atomic mass is 10.1. The molecule has 1 unspecified atom stereocenters. The molecular formula is C8H15N4O3. The van der Waals surface area contributed by atoms with Crippen LogP contribution in [0.15, 0.2) is 0 Å². The number of isocyanates is 2. The van der Waals surface area contributed by atoms with Crippen LogP contribution >= 0.6 is 0 Å². The fraction of sp³-hybridized carbons (Fsp3) is 0.625. The van der Waals surface area contributed by atoms with E-state index in [1.165, 1.54) is 0 Å². The van der Waals surface area contributed by atoms with Gasteiger partial charge in [-0.05, 0) is 19.4 Å². The molecular weight excluding hydrogens is 200 g/mol. The largest absolute Gasteiger partial charge is 0.330 e. The van der Waals surface area contributed by atoms with Crippen LogP contribution in [-0.4, -0.2) is 31.0 Å². The van der Waals surface area contributed by atoms with E-state index in [1.807, 2.05) is 0 Å². The highest BCUT2D eigenvalue weighted by Crippen LogP contribution is 1.94. The van der Waals surface area contributed by atoms with Crippen LogP contribution in [0.5, 0.6) is 0 Å². The topological polar surface area (TPSA) is 151 Å². The molecule has 6 N–H and O–H groups in total. The van der Waals surface area contributed by atoms with Crippen LogP contribution in [0.25, 0.3) is 0 Å². The van der Waals surface area contributed by atoms with Crippen molar-refractivity contribution in [3.63, 3.8) is 0 Å². The monoisotopic (exact) mass is 215 g/mol. The summed E-state index contributed by atoms with van der Waals surface area (Å²) >= 11 is 0. The summed E-state index contributed by atoms with van der Waals surface area (Å²) in [4.78, 5) is 26.5. The lowest BCUT2D eigenvalue weighted by Gasteiger charge is -1.99. The van der Waals surface area contributed by atoms with Gasteiger partial charge in [0.2, 0.25) is 18.4 Å². The zero-order valence-corrected chi connectivity index (χ0v) is 8.29. The molecule has 0 aromatic rings. The fourth-order valence-corrected chi connectivity index (χ4v) is 0.568. The first-order valence-corrected chi connectivity index (χ1v) is 4.05. The Balaban J connectivity index is -0.000000200. The van der Waals surface area contributed by atoms with Crippen LogP contribution in [-0.2, 0) is 14.4 Å². The highest BCUT2D eigenvalue weighted by molar-refractivity contribution is 5.57. The van der Waals surface area contributed by atoms with Gasteiger partial charge < -0.3 is 11.5 Å². The fourth-order valence-electron chi connectivity index (χ4n) is 0.568. The minimum Gasteiger partial charge on any atom is -0.330 e. The predicted molar refractivity (Wildman–Crippen MR) is 53.4 cm³/mol. The van der Waals surface area contributed by atoms with Gasteiger partial charge >= 0.3 is 0 Å². The SMILES string of the molecule is N=C=O.N=C=O.NCCCCC(N)[C]=O. The third-order valence-electron chi connectivity index (χ3n) is 1.12. The second kappa shape index (κ2) is 22.8. The number of nitrogens with two attached hydrogens (primary N) is 2. The number of hydrogen-bond donors (Lipinski definition) is 4. The zero-order valence-electron chi connectivity index (χ0n) is 8.29. The molecule has 85 valence electrons. The third-order valence-corrected chi connectivity index (χ3v) is 1.12. The molecule has 0 aliphatic carbocycles. The average molecular weight is 215 g/mol. The standard InChI is InChI=1S/C6H13N2O.2CHNO/c7-4-2-1-3-6(8)5-9;2*2-1-3/h6H,1-4,7-8H2;2*2H. The van der Waals surface area contributed by atoms with Crippen molar-refractivity contribution in [1.82, 2.24) is 0 Å². The van der Waals surface area contributed by atoms with Crippen molar-refractivity contribution in [2.45, 2.75) is 25.3 Å². The Morgan fingerprint density at radius 2 is 1.47 bits per heavy atom. The van der Waals surface area contributed by atoms with Crippen molar-refractivity contribution < 1.29 is 14.4 Å². The van der Waals surface area contributed by atoms with Crippen molar-refractivity contribution in [2.24, 2.45) is 11.5 Å². The van der Waals surface area contributed by atoms with Crippen LogP contribution in [0.1, 0.15) is 19.3 Å². The molecule has 7 nitrogen and oxygen atoms in total. The summed E-state index contributed by atoms with van der Waals surface area (Å²) in [5.41, 5.74) is 10.5. The first-order chi connectivity index (χ1) is 7.14. The quantitative estimate of drug-likeness (QED) is 0.273. The van der Waals surface area contributed by atoms with E-state index in [-0.39, 0.29) is 0 Å². The Morgan fingerprint density at radius 1 is 1.07 bits per heavy atom. The van der Waals surface area contributed by atoms with Gasteiger partial charge in [0, 0.05) is 0 Å². The van der Waals surface area contributed by atoms with Gasteiger partial charge in [-0.2, -0.15) is 0 Å². The van der Waals surface area contributed by atoms with Crippen LogP contribution in [0.3, 0.4) is 0 Å². The summed E-state index contributed by atoms with van der Waals surface area (Å²) in [5.74, 6) is 0. The molecule has 0 aliphatic heterocycles. The summed E-state index contributed by atoms with van der Waals surface area (Å²) < 4.78 is 0. The van der Waals surface area contributed by atoms with E-state index < -0.39 is 6.04 Å². The first kappa shape index (κ1) is 19.0. The normalized spacial score (nSPS) is 8.93. The number of carbonyl (C=O) groups excluding carboxylic acids is 3. The van der Waals surface area contributed by atoms with E-state index in [1.54, 1.807) is 6.29 Å². The molecule has 0 amide bonds. The van der Waals surface area contributed by atoms with Gasteiger partial charge in [-0.3, -0.25) is 4.79 Å². The lowest BCUT2D eigenvalue weighted by Crippen LogP contribution is -2.21. The van der Waals surface area contributed by atoms with Crippen LogP contribution in [0, 0.1) is 10.8 Å². The Hall–Kier alpha value is -1.65. The summed E-state index contributed by atoms with van der Waals surface area (Å²) in [7, 11) is 0. The third kappa shape index (κ3) is 46.2. The number of hydrogen-bond acceptors (Lipinski definition) is 7. The lowest BCUT2D eigenvalue weighted by molar-refractivity contribution is 0.529. The van der Waals surface area contributed by atoms with Crippen molar-refractivity contribution in [1.29, 1.82) is 10.8 Å². The van der Waals surface area contributed by atoms with Crippen LogP contribution in [0.2, 0.25) is 0 Å². The molecule has 0 saturated carbocycles. The molecule has 0 aromatic heterocycles. The van der Waals surface area contributed by atoms with Crippen molar-refractivity contribution >= 4 is 18.4 Å². The van der Waals surface area contributed by atoms with E-state index in [2.05, 4.69) is 0 Å². The van der Waals surface area contributed by atoms with Gasteiger partial charge in [-0.15, -0.1) is 0 Å². The maximum absolute atomic E-state index is 9.82. The maximum Gasteiger partial charge on any atom is 0.231 e. The van der Waals surface area contributed by atoms with Crippen molar-refractivity contribution in [2.75, 3.05) is 6.54 Å². The summed E-state index contributed by atoms with van der Waals surface area (Å²) in [6.45, 7) is 0.672. The zero-order chi connectivity index (χ0) is 12.5. The highest BCUT2D eigenvalue weighted by atomic mass is 16.1. The Bertz CT molecular complexity index is 184. The van der Waals surface area contributed by atoms with Gasteiger partial charge in [0.25, 0.3) is 0 Å². The molecule has 7 heteroatoms. The van der Waals surface area contributed by atoms with E-state index in [0.29, 0.717) is 13.0 Å². The van der Waals surface area contributed by atoms with Gasteiger partial charge in [-0.1, -0.05) is 6.42 Å². The number of unbranched alkanes of at least 4 members (excludes halogenated alkanes) is 1. The molecule has 1 radical (unpaired) electrons. The van der Waals surface area contributed by atoms with Crippen LogP contribution < -0.4 is 11.5 Å². The van der Waals surface area contributed by atoms with Gasteiger partial charge in [-0.25, -0.2) is 20.4 Å². The summed E-state index contributed by atoms with van der Waals surface area (Å²) in [5, 5.41) is 10.8. The van der Waals surface area contributed by atoms with E-state index in [0.717, 1.165) is 25.0 Å². The Morgan fingerprint density at radius 3 is 1.73 bits per heavy atom. The van der Waals surface area contributed by atoms with E-state index in [4.69, 9.17) is 31.9 Å². The van der Waals surface area contributed by atoms with Crippen LogP contribution in [0.4, 0.5) is 0 Å². The second-order valence-corrected chi connectivity index (χ2v) is 2.21. The Labute approximate surface area is 87.8 Å². The number of nitrogens with one attached hydrogen (secondary N) is 2. The predicted octanol–water partition coefficient (Wildman–Crippen LogP) is -0.646. The molecule has 0 heterocycles. The van der Waals surface area contributed by atoms with Crippen molar-refractivity contribution in [3.8, 4) is 0 Å². The molecule has 0 saturated heterocycles. The minimum atomic E-state index is -0.406. The summed E-state index contributed by atoms with van der Waals surface area (Å²) in [6.07, 6.45) is 5.78. The molecule has 0 bridgehead atoms. The minimum absolute atomic E-state index is 0.406. The van der Waals surface area contributed by atoms with E-state index in [9.17, 15) is 4.79 Å². The van der Waals surface area contributed by atoms with Gasteiger partial charge in [0.05, 0.1) is 6.04 Å². The van der Waals surface area contributed by atoms with Gasteiger partial charge in [0.1, 0.15) is 0 Å². The molecule has 15 heavy (non-hydrogen) atoms. The summed E-state index contributed by atoms with van der Waals surface area (Å²) in [6, 6.07) is -0.406. The van der Waals surface area contributed by atoms with E-state index >= 15 is 0 Å². The maximum atomic E-state index is 9.82. The molecule has 0 fully saturated rings. The number of rotatable bonds is 5. The molecule has 1 atom stereocenters. The average Bonchev–Trinajstić information content (AvgIpc) is 2.20. The second-order valence-electron chi connectivity index (χ2n) is 2.21. The Kier molecular flexibility index (Phi) is 28.9. The smallest absolute Gasteiger partial charge is 0.231 e. The molecule has 0 rings (SSSR count). The van der Waals surface area contributed by atoms with Crippen molar-refractivity contribution in [3.05, 3.63) is 0 Å². The first-order valence-electron chi connectivity index (χ1n) is 4.05. The van der Waals surface area contributed by atoms with Gasteiger partial charge in [0.15, 0.2) is 0 Å². The molecule has 0 aromatic carbocycles. The molecule has 0 aliphatic rings. The highest BCUT2D eigenvalue weighted by Gasteiger charge is 1.98. The molecule has 0 spiro atoms.